The Balaban J connectivity index is 1.43. The second-order valence-corrected chi connectivity index (χ2v) is 8.11. The third kappa shape index (κ3) is 3.10. The van der Waals surface area contributed by atoms with Gasteiger partial charge in [0, 0.05) is 36.3 Å². The molecular formula is C23H25N3O2. The Morgan fingerprint density at radius 2 is 1.96 bits per heavy atom. The third-order valence-electron chi connectivity index (χ3n) is 6.19. The summed E-state index contributed by atoms with van der Waals surface area (Å²) in [5.41, 5.74) is 3.98. The first-order valence-corrected chi connectivity index (χ1v) is 10.2. The highest BCUT2D eigenvalue weighted by Crippen LogP contribution is 2.45. The minimum atomic E-state index is -0.581. The Morgan fingerprint density at radius 1 is 1.14 bits per heavy atom. The molecule has 5 rings (SSSR count). The minimum absolute atomic E-state index is 0.0417. The summed E-state index contributed by atoms with van der Waals surface area (Å²) in [6.07, 6.45) is 9.32. The van der Waals surface area contributed by atoms with Gasteiger partial charge in [-0.3, -0.25) is 4.79 Å². The van der Waals surface area contributed by atoms with Crippen LogP contribution in [-0.4, -0.2) is 38.4 Å². The maximum Gasteiger partial charge on any atom is 0.253 e. The molecule has 5 nitrogen and oxygen atoms in total. The van der Waals surface area contributed by atoms with Crippen molar-refractivity contribution in [2.45, 2.75) is 37.7 Å². The van der Waals surface area contributed by atoms with Crippen LogP contribution in [0.4, 0.5) is 0 Å². The van der Waals surface area contributed by atoms with Crippen molar-refractivity contribution in [2.75, 3.05) is 13.1 Å². The molecule has 0 bridgehead atoms. The van der Waals surface area contributed by atoms with E-state index >= 15 is 0 Å². The molecule has 1 amide bonds. The summed E-state index contributed by atoms with van der Waals surface area (Å²) in [4.78, 5) is 19.1. The highest BCUT2D eigenvalue weighted by Gasteiger charge is 2.35. The number of aliphatic hydroxyl groups is 1. The molecule has 1 aromatic carbocycles. The summed E-state index contributed by atoms with van der Waals surface area (Å²) in [7, 11) is 0. The molecule has 2 fully saturated rings. The van der Waals surface area contributed by atoms with Gasteiger partial charge >= 0.3 is 0 Å². The molecule has 1 saturated heterocycles. The average Bonchev–Trinajstić information content (AvgIpc) is 3.49. The van der Waals surface area contributed by atoms with Crippen molar-refractivity contribution < 1.29 is 9.90 Å². The molecule has 2 unspecified atom stereocenters. The summed E-state index contributed by atoms with van der Waals surface area (Å²) in [5, 5.41) is 11.4. The average molecular weight is 375 g/mol. The fraction of sp³-hybridized carbons (Fsp3) is 0.391. The number of rotatable bonds is 4. The first kappa shape index (κ1) is 17.4. The Labute approximate surface area is 164 Å². The fourth-order valence-electron chi connectivity index (χ4n) is 4.55. The summed E-state index contributed by atoms with van der Waals surface area (Å²) < 4.78 is 1.99. The molecule has 144 valence electrons. The largest absolute Gasteiger partial charge is 0.388 e. The maximum atomic E-state index is 12.9. The van der Waals surface area contributed by atoms with E-state index in [9.17, 15) is 9.90 Å². The van der Waals surface area contributed by atoms with Gasteiger partial charge < -0.3 is 14.4 Å². The summed E-state index contributed by atoms with van der Waals surface area (Å²) in [5.74, 6) is 0.651. The van der Waals surface area contributed by atoms with Crippen LogP contribution in [0.2, 0.25) is 0 Å². The van der Waals surface area contributed by atoms with Gasteiger partial charge in [-0.2, -0.15) is 0 Å². The normalized spacial score (nSPS) is 21.0. The van der Waals surface area contributed by atoms with Gasteiger partial charge in [-0.05, 0) is 55.4 Å². The number of nitrogens with zero attached hydrogens (tertiary/aromatic N) is 3. The maximum absolute atomic E-state index is 12.9. The van der Waals surface area contributed by atoms with Crippen LogP contribution < -0.4 is 0 Å². The van der Waals surface area contributed by atoms with Crippen LogP contribution in [-0.2, 0) is 0 Å². The zero-order valence-corrected chi connectivity index (χ0v) is 15.9. The van der Waals surface area contributed by atoms with Gasteiger partial charge in [-0.1, -0.05) is 18.2 Å². The summed E-state index contributed by atoms with van der Waals surface area (Å²) in [6, 6.07) is 11.6. The lowest BCUT2D eigenvalue weighted by Gasteiger charge is -2.36. The fourth-order valence-corrected chi connectivity index (χ4v) is 4.55. The smallest absolute Gasteiger partial charge is 0.253 e. The number of carbonyl (C=O) groups is 1. The molecule has 28 heavy (non-hydrogen) atoms. The molecule has 1 aliphatic carbocycles. The van der Waals surface area contributed by atoms with Crippen molar-refractivity contribution >= 4 is 11.4 Å². The van der Waals surface area contributed by atoms with Crippen LogP contribution in [0.25, 0.3) is 5.52 Å². The number of aromatic nitrogens is 2. The van der Waals surface area contributed by atoms with Crippen molar-refractivity contribution in [3.63, 3.8) is 0 Å². The molecule has 2 aromatic heterocycles. The van der Waals surface area contributed by atoms with Gasteiger partial charge in [0.15, 0.2) is 0 Å². The number of amides is 1. The Bertz CT molecular complexity index is 994. The highest BCUT2D eigenvalue weighted by molar-refractivity contribution is 5.94. The van der Waals surface area contributed by atoms with Gasteiger partial charge in [0.05, 0.1) is 24.1 Å². The molecule has 0 radical (unpaired) electrons. The van der Waals surface area contributed by atoms with Gasteiger partial charge in [0.2, 0.25) is 0 Å². The number of imidazole rings is 1. The molecule has 5 heteroatoms. The van der Waals surface area contributed by atoms with E-state index in [-0.39, 0.29) is 11.8 Å². The zero-order chi connectivity index (χ0) is 19.1. The van der Waals surface area contributed by atoms with E-state index in [1.54, 1.807) is 6.33 Å². The standard InChI is InChI=1S/C23H25N3O2/c27-22(21-19(16-8-9-16)10-12-26-15-24-13-20(21)26)18-7-4-11-25(14-18)23(28)17-5-2-1-3-6-17/h1-3,5-6,10,12-13,15-16,18,22,27H,4,7-9,11,14H2. The predicted octanol–water partition coefficient (Wildman–Crippen LogP) is 3.80. The van der Waals surface area contributed by atoms with Crippen molar-refractivity contribution in [3.8, 4) is 0 Å². The Hall–Kier alpha value is -2.66. The lowest BCUT2D eigenvalue weighted by atomic mass is 9.85. The molecule has 3 aromatic rings. The number of benzene rings is 1. The molecule has 3 heterocycles. The van der Waals surface area contributed by atoms with E-state index in [0.717, 1.165) is 30.5 Å². The van der Waals surface area contributed by atoms with Crippen LogP contribution >= 0.6 is 0 Å². The first-order chi connectivity index (χ1) is 13.7. The van der Waals surface area contributed by atoms with E-state index < -0.39 is 6.10 Å². The van der Waals surface area contributed by atoms with Gasteiger partial charge in [-0.25, -0.2) is 4.98 Å². The molecular weight excluding hydrogens is 350 g/mol. The van der Waals surface area contributed by atoms with Crippen LogP contribution in [0.1, 0.15) is 59.2 Å². The van der Waals surface area contributed by atoms with Crippen LogP contribution in [0.15, 0.2) is 55.1 Å². The van der Waals surface area contributed by atoms with Gasteiger partial charge in [0.1, 0.15) is 0 Å². The second-order valence-electron chi connectivity index (χ2n) is 8.11. The third-order valence-corrected chi connectivity index (χ3v) is 6.19. The number of carbonyl (C=O) groups excluding carboxylic acids is 1. The number of pyridine rings is 1. The molecule has 1 aliphatic heterocycles. The molecule has 1 saturated carbocycles. The van der Waals surface area contributed by atoms with Crippen molar-refractivity contribution in [1.29, 1.82) is 0 Å². The Morgan fingerprint density at radius 3 is 2.75 bits per heavy atom. The number of piperidine rings is 1. The monoisotopic (exact) mass is 375 g/mol. The number of hydrogen-bond acceptors (Lipinski definition) is 3. The van der Waals surface area contributed by atoms with E-state index in [1.807, 2.05) is 52.0 Å². The predicted molar refractivity (Wildman–Crippen MR) is 107 cm³/mol. The SMILES string of the molecule is O=C(c1ccccc1)N1CCCC(C(O)c2c(C3CC3)ccn3cncc23)C1. The second kappa shape index (κ2) is 7.06. The van der Waals surface area contributed by atoms with Gasteiger partial charge in [-0.15, -0.1) is 0 Å². The van der Waals surface area contributed by atoms with E-state index in [0.29, 0.717) is 18.0 Å². The topological polar surface area (TPSA) is 57.8 Å². The molecule has 2 atom stereocenters. The highest BCUT2D eigenvalue weighted by atomic mass is 16.3. The first-order valence-electron chi connectivity index (χ1n) is 10.2. The van der Waals surface area contributed by atoms with Crippen LogP contribution in [0.5, 0.6) is 0 Å². The number of hydrogen-bond donors (Lipinski definition) is 1. The van der Waals surface area contributed by atoms with Gasteiger partial charge in [0.25, 0.3) is 5.91 Å². The van der Waals surface area contributed by atoms with Crippen LogP contribution in [0, 0.1) is 5.92 Å². The molecule has 2 aliphatic rings. The number of fused-ring (bicyclic) bond motifs is 1. The minimum Gasteiger partial charge on any atom is -0.388 e. The van der Waals surface area contributed by atoms with E-state index in [1.165, 1.54) is 18.4 Å². The van der Waals surface area contributed by atoms with Crippen molar-refractivity contribution in [3.05, 3.63) is 71.8 Å². The molecule has 0 spiro atoms. The lowest BCUT2D eigenvalue weighted by molar-refractivity contribution is 0.0402. The van der Waals surface area contributed by atoms with E-state index in [2.05, 4.69) is 11.1 Å². The van der Waals surface area contributed by atoms with E-state index in [4.69, 9.17) is 0 Å². The lowest BCUT2D eigenvalue weighted by Crippen LogP contribution is -2.41. The summed E-state index contributed by atoms with van der Waals surface area (Å²) >= 11 is 0. The number of likely N-dealkylation sites (tertiary alicyclic amines) is 1. The Kier molecular flexibility index (Phi) is 4.40. The van der Waals surface area contributed by atoms with Crippen molar-refractivity contribution in [2.24, 2.45) is 5.92 Å². The quantitative estimate of drug-likeness (QED) is 0.755. The van der Waals surface area contributed by atoms with Crippen molar-refractivity contribution in [1.82, 2.24) is 14.3 Å². The van der Waals surface area contributed by atoms with Crippen LogP contribution in [0.3, 0.4) is 0 Å². The molecule has 1 N–H and O–H groups in total. The number of aliphatic hydroxyl groups excluding tert-OH is 1. The summed E-state index contributed by atoms with van der Waals surface area (Å²) in [6.45, 7) is 1.34. The zero-order valence-electron chi connectivity index (χ0n) is 15.9.